The van der Waals surface area contributed by atoms with Gasteiger partial charge in [0, 0.05) is 17.3 Å². The maximum Gasteiger partial charge on any atom is 0.297 e. The number of fused-ring (bicyclic) bond motifs is 2. The average molecular weight is 390 g/mol. The van der Waals surface area contributed by atoms with Gasteiger partial charge in [0.25, 0.3) is 5.92 Å². The number of hydrogen-bond acceptors (Lipinski definition) is 2. The first kappa shape index (κ1) is 15.4. The van der Waals surface area contributed by atoms with Gasteiger partial charge in [0.15, 0.2) is 5.65 Å². The van der Waals surface area contributed by atoms with E-state index in [9.17, 15) is 8.78 Å². The summed E-state index contributed by atoms with van der Waals surface area (Å²) in [4.78, 5) is 8.82. The van der Waals surface area contributed by atoms with Crippen molar-refractivity contribution >= 4 is 27.3 Å². The molecule has 0 saturated carbocycles. The number of hydrogen-bond donors (Lipinski definition) is 0. The van der Waals surface area contributed by atoms with Gasteiger partial charge in [-0.05, 0) is 41.9 Å². The Hall–Kier alpha value is -2.08. The maximum atomic E-state index is 14.8. The molecular formula is C18H14BrF2N3. The maximum absolute atomic E-state index is 14.8. The van der Waals surface area contributed by atoms with Gasteiger partial charge < -0.3 is 0 Å². The van der Waals surface area contributed by atoms with E-state index < -0.39 is 11.5 Å². The number of imidazole rings is 1. The number of pyridine rings is 1. The SMILES string of the molecule is CC1(C)N=C(c2cnc3c(Br)cccn23)c2ccccc2C1(F)F. The van der Waals surface area contributed by atoms with Crippen molar-refractivity contribution in [3.05, 3.63) is 70.1 Å². The summed E-state index contributed by atoms with van der Waals surface area (Å²) < 4.78 is 32.4. The van der Waals surface area contributed by atoms with Gasteiger partial charge in [-0.15, -0.1) is 0 Å². The van der Waals surface area contributed by atoms with Gasteiger partial charge in [-0.3, -0.25) is 9.39 Å². The predicted octanol–water partition coefficient (Wildman–Crippen LogP) is 4.82. The Balaban J connectivity index is 2.04. The molecule has 0 radical (unpaired) electrons. The summed E-state index contributed by atoms with van der Waals surface area (Å²) in [5.41, 5.74) is 0.873. The number of aromatic nitrogens is 2. The summed E-state index contributed by atoms with van der Waals surface area (Å²) in [6, 6.07) is 10.3. The summed E-state index contributed by atoms with van der Waals surface area (Å²) >= 11 is 3.46. The fraction of sp³-hybridized carbons (Fsp3) is 0.222. The summed E-state index contributed by atoms with van der Waals surface area (Å²) in [6.07, 6.45) is 3.53. The van der Waals surface area contributed by atoms with E-state index in [0.29, 0.717) is 17.0 Å². The summed E-state index contributed by atoms with van der Waals surface area (Å²) in [7, 11) is 0. The van der Waals surface area contributed by atoms with Gasteiger partial charge in [0.05, 0.1) is 22.1 Å². The van der Waals surface area contributed by atoms with E-state index in [1.165, 1.54) is 19.9 Å². The lowest BCUT2D eigenvalue weighted by atomic mass is 9.82. The zero-order valence-corrected chi connectivity index (χ0v) is 14.7. The molecule has 0 amide bonds. The van der Waals surface area contributed by atoms with Crippen molar-refractivity contribution in [1.82, 2.24) is 9.38 Å². The quantitative estimate of drug-likeness (QED) is 0.586. The van der Waals surface area contributed by atoms with Crippen LogP contribution in [0.1, 0.15) is 30.7 Å². The fourth-order valence-corrected chi connectivity index (χ4v) is 3.50. The standard InChI is InChI=1S/C18H14BrF2N3/c1-17(2)18(20,21)12-7-4-3-6-11(12)15(23-17)14-10-22-16-13(19)8-5-9-24(14)16/h3-10H,1-2H3. The molecule has 0 bridgehead atoms. The molecule has 3 nitrogen and oxygen atoms in total. The second-order valence-electron chi connectivity index (χ2n) is 6.33. The third-order valence-electron chi connectivity index (χ3n) is 4.41. The van der Waals surface area contributed by atoms with Gasteiger partial charge in [0.1, 0.15) is 5.54 Å². The predicted molar refractivity (Wildman–Crippen MR) is 92.9 cm³/mol. The third-order valence-corrected chi connectivity index (χ3v) is 5.03. The van der Waals surface area contributed by atoms with Crippen molar-refractivity contribution in [3.63, 3.8) is 0 Å². The molecule has 0 spiro atoms. The highest BCUT2D eigenvalue weighted by atomic mass is 79.9. The van der Waals surface area contributed by atoms with Crippen molar-refractivity contribution < 1.29 is 8.78 Å². The van der Waals surface area contributed by atoms with Gasteiger partial charge in [-0.25, -0.2) is 4.98 Å². The van der Waals surface area contributed by atoms with Gasteiger partial charge >= 0.3 is 0 Å². The Morgan fingerprint density at radius 2 is 1.83 bits per heavy atom. The molecule has 4 rings (SSSR count). The Kier molecular flexibility index (Phi) is 3.19. The van der Waals surface area contributed by atoms with Crippen LogP contribution in [-0.4, -0.2) is 20.6 Å². The van der Waals surface area contributed by atoms with E-state index in [1.54, 1.807) is 24.4 Å². The van der Waals surface area contributed by atoms with Crippen molar-refractivity contribution in [2.24, 2.45) is 4.99 Å². The smallest absolute Gasteiger partial charge is 0.297 e. The van der Waals surface area contributed by atoms with E-state index in [2.05, 4.69) is 25.9 Å². The van der Waals surface area contributed by atoms with Gasteiger partial charge in [-0.2, -0.15) is 8.78 Å². The molecule has 1 aromatic carbocycles. The Morgan fingerprint density at radius 3 is 2.62 bits per heavy atom. The molecule has 0 saturated heterocycles. The summed E-state index contributed by atoms with van der Waals surface area (Å²) in [6.45, 7) is 2.92. The molecule has 1 aliphatic heterocycles. The van der Waals surface area contributed by atoms with E-state index in [0.717, 1.165) is 10.1 Å². The molecule has 3 heterocycles. The van der Waals surface area contributed by atoms with E-state index in [4.69, 9.17) is 0 Å². The van der Waals surface area contributed by atoms with Crippen LogP contribution in [0.2, 0.25) is 0 Å². The van der Waals surface area contributed by atoms with E-state index in [1.807, 2.05) is 22.7 Å². The molecule has 1 aliphatic rings. The molecular weight excluding hydrogens is 376 g/mol. The van der Waals surface area contributed by atoms with Gasteiger partial charge in [-0.1, -0.05) is 24.3 Å². The molecule has 122 valence electrons. The molecule has 0 unspecified atom stereocenters. The lowest BCUT2D eigenvalue weighted by molar-refractivity contribution is -0.0682. The minimum absolute atomic E-state index is 0.00458. The van der Waals surface area contributed by atoms with E-state index >= 15 is 0 Å². The van der Waals surface area contributed by atoms with Crippen LogP contribution in [0.15, 0.2) is 58.3 Å². The molecule has 6 heteroatoms. The van der Waals surface area contributed by atoms with Crippen LogP contribution in [-0.2, 0) is 5.92 Å². The molecule has 24 heavy (non-hydrogen) atoms. The number of nitrogens with zero attached hydrogens (tertiary/aromatic N) is 3. The number of rotatable bonds is 1. The van der Waals surface area contributed by atoms with Crippen molar-refractivity contribution in [2.45, 2.75) is 25.3 Å². The largest absolute Gasteiger partial charge is 0.297 e. The highest BCUT2D eigenvalue weighted by Crippen LogP contribution is 2.46. The average Bonchev–Trinajstić information content (AvgIpc) is 2.97. The molecule has 0 atom stereocenters. The summed E-state index contributed by atoms with van der Waals surface area (Å²) in [5, 5.41) is 0. The zero-order valence-electron chi connectivity index (χ0n) is 13.1. The Morgan fingerprint density at radius 1 is 1.08 bits per heavy atom. The lowest BCUT2D eigenvalue weighted by Crippen LogP contribution is -2.44. The number of halogens is 3. The highest BCUT2D eigenvalue weighted by molar-refractivity contribution is 9.10. The van der Waals surface area contributed by atoms with Crippen LogP contribution in [0, 0.1) is 0 Å². The number of benzene rings is 1. The van der Waals surface area contributed by atoms with Crippen LogP contribution in [0.3, 0.4) is 0 Å². The number of aliphatic imine (C=N–C) groups is 1. The minimum atomic E-state index is -3.03. The van der Waals surface area contributed by atoms with Crippen LogP contribution in [0.25, 0.3) is 5.65 Å². The van der Waals surface area contributed by atoms with Crippen LogP contribution >= 0.6 is 15.9 Å². The van der Waals surface area contributed by atoms with Crippen LogP contribution in [0.4, 0.5) is 8.78 Å². The fourth-order valence-electron chi connectivity index (χ4n) is 3.05. The second kappa shape index (κ2) is 4.96. The molecule has 3 aromatic rings. The van der Waals surface area contributed by atoms with Crippen LogP contribution in [0.5, 0.6) is 0 Å². The lowest BCUT2D eigenvalue weighted by Gasteiger charge is -2.37. The van der Waals surface area contributed by atoms with E-state index in [-0.39, 0.29) is 5.56 Å². The molecule has 2 aromatic heterocycles. The second-order valence-corrected chi connectivity index (χ2v) is 7.19. The van der Waals surface area contributed by atoms with Crippen LogP contribution < -0.4 is 0 Å². The number of alkyl halides is 2. The Labute approximate surface area is 146 Å². The first-order valence-electron chi connectivity index (χ1n) is 7.52. The van der Waals surface area contributed by atoms with Crippen molar-refractivity contribution in [3.8, 4) is 0 Å². The van der Waals surface area contributed by atoms with Crippen molar-refractivity contribution in [1.29, 1.82) is 0 Å². The Bertz CT molecular complexity index is 989. The topological polar surface area (TPSA) is 29.7 Å². The normalized spacial score (nSPS) is 18.3. The van der Waals surface area contributed by atoms with Gasteiger partial charge in [0.2, 0.25) is 0 Å². The minimum Gasteiger partial charge on any atom is -0.297 e. The highest BCUT2D eigenvalue weighted by Gasteiger charge is 2.52. The first-order valence-corrected chi connectivity index (χ1v) is 8.32. The molecule has 0 fully saturated rings. The summed E-state index contributed by atoms with van der Waals surface area (Å²) in [5.74, 6) is -3.03. The molecule has 0 N–H and O–H groups in total. The zero-order chi connectivity index (χ0) is 17.1. The monoisotopic (exact) mass is 389 g/mol. The van der Waals surface area contributed by atoms with Crippen molar-refractivity contribution in [2.75, 3.05) is 0 Å². The first-order chi connectivity index (χ1) is 11.3. The molecule has 0 aliphatic carbocycles. The third kappa shape index (κ3) is 1.99.